The maximum atomic E-state index is 11.9. The molecule has 1 saturated heterocycles. The van der Waals surface area contributed by atoms with Gasteiger partial charge in [0, 0.05) is 12.1 Å². The van der Waals surface area contributed by atoms with Gasteiger partial charge in [0.25, 0.3) is 0 Å². The van der Waals surface area contributed by atoms with Crippen molar-refractivity contribution in [3.63, 3.8) is 0 Å². The van der Waals surface area contributed by atoms with Crippen molar-refractivity contribution in [3.8, 4) is 11.5 Å². The monoisotopic (exact) mass is 300 g/mol. The molecule has 1 unspecified atom stereocenters. The summed E-state index contributed by atoms with van der Waals surface area (Å²) in [6.45, 7) is 1.36. The predicted octanol–water partition coefficient (Wildman–Crippen LogP) is 1.49. The van der Waals surface area contributed by atoms with E-state index in [2.05, 4.69) is 10.6 Å². The van der Waals surface area contributed by atoms with E-state index < -0.39 is 0 Å². The molecule has 1 atom stereocenters. The number of carbonyl (C=O) groups is 1. The summed E-state index contributed by atoms with van der Waals surface area (Å²) in [6.07, 6.45) is 1.96. The Bertz CT molecular complexity index is 448. The number of hydrogen-bond donors (Lipinski definition) is 2. The van der Waals surface area contributed by atoms with Crippen molar-refractivity contribution < 1.29 is 14.3 Å². The Hall–Kier alpha value is -1.46. The number of halogens is 1. The molecule has 1 aromatic rings. The molecule has 0 spiro atoms. The Balaban J connectivity index is 0.00000200. The molecule has 2 rings (SSSR count). The second-order valence-electron chi connectivity index (χ2n) is 4.54. The fourth-order valence-electron chi connectivity index (χ4n) is 2.23. The van der Waals surface area contributed by atoms with Crippen LogP contribution < -0.4 is 20.1 Å². The summed E-state index contributed by atoms with van der Waals surface area (Å²) in [5, 5.41) is 6.11. The highest BCUT2D eigenvalue weighted by atomic mass is 35.5. The summed E-state index contributed by atoms with van der Waals surface area (Å²) in [4.78, 5) is 11.9. The van der Waals surface area contributed by atoms with Crippen LogP contribution >= 0.6 is 12.4 Å². The van der Waals surface area contributed by atoms with Gasteiger partial charge in [-0.25, -0.2) is 0 Å². The Morgan fingerprint density at radius 3 is 2.80 bits per heavy atom. The highest BCUT2D eigenvalue weighted by molar-refractivity contribution is 5.85. The number of ether oxygens (including phenoxy) is 2. The van der Waals surface area contributed by atoms with Gasteiger partial charge in [0.05, 0.1) is 20.3 Å². The lowest BCUT2D eigenvalue weighted by Gasteiger charge is -2.14. The molecule has 0 bridgehead atoms. The zero-order chi connectivity index (χ0) is 13.7. The number of hydrogen-bond acceptors (Lipinski definition) is 4. The van der Waals surface area contributed by atoms with Gasteiger partial charge in [0.2, 0.25) is 5.91 Å². The first-order valence-corrected chi connectivity index (χ1v) is 6.46. The molecule has 0 aromatic heterocycles. The maximum absolute atomic E-state index is 11.9. The van der Waals surface area contributed by atoms with E-state index in [1.54, 1.807) is 14.2 Å². The Kier molecular flexibility index (Phi) is 6.61. The average molecular weight is 301 g/mol. The fourth-order valence-corrected chi connectivity index (χ4v) is 2.23. The van der Waals surface area contributed by atoms with Crippen molar-refractivity contribution in [2.75, 3.05) is 20.8 Å². The molecule has 6 heteroatoms. The van der Waals surface area contributed by atoms with Crippen LogP contribution in [-0.2, 0) is 11.3 Å². The van der Waals surface area contributed by atoms with Crippen LogP contribution in [0.5, 0.6) is 11.5 Å². The lowest BCUT2D eigenvalue weighted by Crippen LogP contribution is -2.40. The standard InChI is InChI=1S/C14H20N2O3.ClH/c1-18-11-5-6-13(19-2)10(8-11)9-16-14(17)12-4-3-7-15-12;/h5-6,8,12,15H,3-4,7,9H2,1-2H3,(H,16,17);1H. The molecule has 0 saturated carbocycles. The van der Waals surface area contributed by atoms with Crippen molar-refractivity contribution in [1.29, 1.82) is 0 Å². The lowest BCUT2D eigenvalue weighted by atomic mass is 10.1. The molecule has 0 radical (unpaired) electrons. The number of carbonyl (C=O) groups excluding carboxylic acids is 1. The van der Waals surface area contributed by atoms with E-state index >= 15 is 0 Å². The minimum atomic E-state index is -0.0587. The summed E-state index contributed by atoms with van der Waals surface area (Å²) in [7, 11) is 3.23. The largest absolute Gasteiger partial charge is 0.497 e. The molecule has 20 heavy (non-hydrogen) atoms. The van der Waals surface area contributed by atoms with Crippen LogP contribution in [-0.4, -0.2) is 32.7 Å². The van der Waals surface area contributed by atoms with Gasteiger partial charge in [-0.05, 0) is 37.6 Å². The van der Waals surface area contributed by atoms with Gasteiger partial charge in [-0.3, -0.25) is 4.79 Å². The first-order chi connectivity index (χ1) is 9.24. The molecule has 1 aliphatic rings. The van der Waals surface area contributed by atoms with E-state index in [0.29, 0.717) is 6.54 Å². The fraction of sp³-hybridized carbons (Fsp3) is 0.500. The number of benzene rings is 1. The minimum Gasteiger partial charge on any atom is -0.497 e. The van der Waals surface area contributed by atoms with Gasteiger partial charge in [-0.1, -0.05) is 0 Å². The summed E-state index contributed by atoms with van der Waals surface area (Å²) in [6, 6.07) is 5.49. The van der Waals surface area contributed by atoms with Crippen LogP contribution in [0.15, 0.2) is 18.2 Å². The second-order valence-corrected chi connectivity index (χ2v) is 4.54. The van der Waals surface area contributed by atoms with E-state index in [1.807, 2.05) is 18.2 Å². The van der Waals surface area contributed by atoms with Crippen molar-refractivity contribution in [2.24, 2.45) is 0 Å². The third kappa shape index (κ3) is 4.02. The van der Waals surface area contributed by atoms with Crippen molar-refractivity contribution in [1.82, 2.24) is 10.6 Å². The molecule has 1 heterocycles. The van der Waals surface area contributed by atoms with Gasteiger partial charge in [-0.15, -0.1) is 12.4 Å². The van der Waals surface area contributed by atoms with Crippen LogP contribution in [0.3, 0.4) is 0 Å². The van der Waals surface area contributed by atoms with Crippen molar-refractivity contribution in [2.45, 2.75) is 25.4 Å². The number of nitrogens with one attached hydrogen (secondary N) is 2. The summed E-state index contributed by atoms with van der Waals surface area (Å²) in [5.41, 5.74) is 0.910. The highest BCUT2D eigenvalue weighted by Crippen LogP contribution is 2.23. The van der Waals surface area contributed by atoms with E-state index in [-0.39, 0.29) is 24.4 Å². The van der Waals surface area contributed by atoms with Crippen LogP contribution in [0.2, 0.25) is 0 Å². The molecule has 1 aliphatic heterocycles. The third-order valence-corrected chi connectivity index (χ3v) is 3.32. The third-order valence-electron chi connectivity index (χ3n) is 3.32. The average Bonchev–Trinajstić information content (AvgIpc) is 2.98. The Morgan fingerprint density at radius 2 is 2.20 bits per heavy atom. The molecule has 112 valence electrons. The predicted molar refractivity (Wildman–Crippen MR) is 79.7 cm³/mol. The number of rotatable bonds is 5. The smallest absolute Gasteiger partial charge is 0.237 e. The molecular formula is C14H21ClN2O3. The van der Waals surface area contributed by atoms with Gasteiger partial charge in [0.1, 0.15) is 11.5 Å². The second kappa shape index (κ2) is 7.97. The van der Waals surface area contributed by atoms with E-state index in [9.17, 15) is 4.79 Å². The SMILES string of the molecule is COc1ccc(OC)c(CNC(=O)C2CCCN2)c1.Cl. The van der Waals surface area contributed by atoms with Gasteiger partial charge >= 0.3 is 0 Å². The minimum absolute atomic E-state index is 0. The van der Waals surface area contributed by atoms with Gasteiger partial charge < -0.3 is 20.1 Å². The number of methoxy groups -OCH3 is 2. The number of amides is 1. The molecule has 1 aromatic carbocycles. The van der Waals surface area contributed by atoms with Crippen molar-refractivity contribution >= 4 is 18.3 Å². The van der Waals surface area contributed by atoms with Crippen LogP contribution in [0.1, 0.15) is 18.4 Å². The Labute approximate surface area is 125 Å². The molecule has 0 aliphatic carbocycles. The van der Waals surface area contributed by atoms with Crippen LogP contribution in [0.25, 0.3) is 0 Å². The lowest BCUT2D eigenvalue weighted by molar-refractivity contribution is -0.122. The topological polar surface area (TPSA) is 59.6 Å². The Morgan fingerprint density at radius 1 is 1.40 bits per heavy atom. The highest BCUT2D eigenvalue weighted by Gasteiger charge is 2.21. The zero-order valence-corrected chi connectivity index (χ0v) is 12.6. The summed E-state index contributed by atoms with van der Waals surface area (Å²) in [5.74, 6) is 1.55. The first kappa shape index (κ1) is 16.6. The normalized spacial score (nSPS) is 17.2. The molecular weight excluding hydrogens is 280 g/mol. The molecule has 1 amide bonds. The first-order valence-electron chi connectivity index (χ1n) is 6.46. The van der Waals surface area contributed by atoms with Crippen LogP contribution in [0, 0.1) is 0 Å². The van der Waals surface area contributed by atoms with Crippen molar-refractivity contribution in [3.05, 3.63) is 23.8 Å². The molecule has 2 N–H and O–H groups in total. The summed E-state index contributed by atoms with van der Waals surface area (Å²) >= 11 is 0. The van der Waals surface area contributed by atoms with E-state index in [0.717, 1.165) is 36.4 Å². The molecule has 1 fully saturated rings. The van der Waals surface area contributed by atoms with E-state index in [4.69, 9.17) is 9.47 Å². The maximum Gasteiger partial charge on any atom is 0.237 e. The van der Waals surface area contributed by atoms with Gasteiger partial charge in [-0.2, -0.15) is 0 Å². The van der Waals surface area contributed by atoms with Gasteiger partial charge in [0.15, 0.2) is 0 Å². The van der Waals surface area contributed by atoms with Crippen LogP contribution in [0.4, 0.5) is 0 Å². The zero-order valence-electron chi connectivity index (χ0n) is 11.8. The summed E-state index contributed by atoms with van der Waals surface area (Å²) < 4.78 is 10.5. The molecule has 5 nitrogen and oxygen atoms in total. The quantitative estimate of drug-likeness (QED) is 0.865. The van der Waals surface area contributed by atoms with E-state index in [1.165, 1.54) is 0 Å².